The number of nitrogens with zero attached hydrogens (tertiary/aromatic N) is 3. The van der Waals surface area contributed by atoms with Crippen LogP contribution in [0.5, 0.6) is 0 Å². The lowest BCUT2D eigenvalue weighted by Crippen LogP contribution is -2.44. The second kappa shape index (κ2) is 12.7. The number of hydrogen-bond acceptors (Lipinski definition) is 7. The highest BCUT2D eigenvalue weighted by Gasteiger charge is 2.58. The lowest BCUT2D eigenvalue weighted by atomic mass is 9.97. The number of carbonyl (C=O) groups excluding carboxylic acids is 2. The van der Waals surface area contributed by atoms with Gasteiger partial charge in [0.2, 0.25) is 0 Å². The van der Waals surface area contributed by atoms with Crippen LogP contribution in [-0.4, -0.2) is 61.3 Å². The van der Waals surface area contributed by atoms with Crippen LogP contribution < -0.4 is 11.1 Å². The molecular weight excluding hydrogens is 677 g/mol. The van der Waals surface area contributed by atoms with E-state index in [1.54, 1.807) is 11.1 Å². The van der Waals surface area contributed by atoms with E-state index in [1.165, 1.54) is 0 Å². The SMILES string of the molecule is C#C[C@H]1CN(C(=O)OC(C)(C)C)C2(C=C2N/C(=C\N)c2ccc3cc(-c4cccc(-c5cnc([C@@H]6C[C@H]7C[C@H]7N6C(=O)OC(C)(C)C)[nH]5)c4)ccc3c2)C1. The van der Waals surface area contributed by atoms with Crippen molar-refractivity contribution in [3.05, 3.63) is 96.2 Å². The Morgan fingerprint density at radius 3 is 2.41 bits per heavy atom. The van der Waals surface area contributed by atoms with E-state index in [1.807, 2.05) is 64.8 Å². The Balaban J connectivity index is 0.973. The first kappa shape index (κ1) is 35.3. The van der Waals surface area contributed by atoms with Crippen molar-refractivity contribution < 1.29 is 19.1 Å². The van der Waals surface area contributed by atoms with Gasteiger partial charge in [-0.15, -0.1) is 12.3 Å². The predicted octanol–water partition coefficient (Wildman–Crippen LogP) is 8.34. The maximum Gasteiger partial charge on any atom is 0.411 e. The van der Waals surface area contributed by atoms with Crippen LogP contribution in [0.1, 0.15) is 78.2 Å². The zero-order valence-electron chi connectivity index (χ0n) is 31.8. The van der Waals surface area contributed by atoms with Crippen LogP contribution in [-0.2, 0) is 9.47 Å². The predicted molar refractivity (Wildman–Crippen MR) is 210 cm³/mol. The summed E-state index contributed by atoms with van der Waals surface area (Å²) >= 11 is 0. The van der Waals surface area contributed by atoms with Gasteiger partial charge in [0.25, 0.3) is 0 Å². The third-order valence-electron chi connectivity index (χ3n) is 10.8. The maximum atomic E-state index is 13.2. The molecule has 4 aliphatic rings. The number of carbonyl (C=O) groups is 2. The summed E-state index contributed by atoms with van der Waals surface area (Å²) in [6.07, 6.45) is 13.2. The van der Waals surface area contributed by atoms with Crippen LogP contribution in [0.15, 0.2) is 84.8 Å². The molecule has 4 aromatic rings. The summed E-state index contributed by atoms with van der Waals surface area (Å²) < 4.78 is 11.5. The van der Waals surface area contributed by atoms with Crippen molar-refractivity contribution in [1.82, 2.24) is 25.1 Å². The van der Waals surface area contributed by atoms with Crippen molar-refractivity contribution >= 4 is 28.7 Å². The number of piperidine rings is 1. The summed E-state index contributed by atoms with van der Waals surface area (Å²) in [5.41, 5.74) is 11.1. The number of nitrogens with two attached hydrogens (primary N) is 1. The molecule has 2 aliphatic carbocycles. The van der Waals surface area contributed by atoms with Crippen molar-refractivity contribution in [2.45, 2.75) is 89.6 Å². The smallest absolute Gasteiger partial charge is 0.411 e. The van der Waals surface area contributed by atoms with Crippen molar-refractivity contribution in [2.24, 2.45) is 17.6 Å². The van der Waals surface area contributed by atoms with Crippen LogP contribution in [0.25, 0.3) is 38.9 Å². The number of terminal acetylenes is 1. The summed E-state index contributed by atoms with van der Waals surface area (Å²) in [7, 11) is 0. The fourth-order valence-electron chi connectivity index (χ4n) is 8.08. The standard InChI is InChI=1S/C44H48N6O4/c1-8-26-21-44(49(25-26)40(51)53-42(2,3)4)22-38(44)47-34(23-45)32-15-14-29-16-28(12-13-30(29)18-32)27-10-9-11-31(17-27)35-24-46-39(48-35)37-20-33-19-36(33)50(37)41(52)54-43(5,6)7/h1,9-18,22-24,26,33,36-37,47H,19-21,25,45H2,2-7H3,(H,46,48)/b34-23-/t26-,33-,36-,37+,44?/m1/s1. The van der Waals surface area contributed by atoms with E-state index >= 15 is 0 Å². The molecule has 10 nitrogen and oxygen atoms in total. The van der Waals surface area contributed by atoms with Gasteiger partial charge in [0.1, 0.15) is 22.6 Å². The van der Waals surface area contributed by atoms with Crippen LogP contribution in [0.2, 0.25) is 0 Å². The van der Waals surface area contributed by atoms with E-state index in [4.69, 9.17) is 26.6 Å². The highest BCUT2D eigenvalue weighted by Crippen LogP contribution is 2.54. The van der Waals surface area contributed by atoms with Gasteiger partial charge in [0.05, 0.1) is 23.6 Å². The number of fused-ring (bicyclic) bond motifs is 2. The first-order valence-corrected chi connectivity index (χ1v) is 18.7. The van der Waals surface area contributed by atoms with Crippen LogP contribution >= 0.6 is 0 Å². The largest absolute Gasteiger partial charge is 0.444 e. The van der Waals surface area contributed by atoms with Crippen molar-refractivity contribution in [1.29, 1.82) is 0 Å². The number of ether oxygens (including phenoxy) is 2. The van der Waals surface area contributed by atoms with Gasteiger partial charge >= 0.3 is 12.2 Å². The topological polar surface area (TPSA) is 126 Å². The second-order valence-electron chi connectivity index (χ2n) is 17.1. The molecule has 0 bridgehead atoms. The third-order valence-corrected chi connectivity index (χ3v) is 10.8. The van der Waals surface area contributed by atoms with E-state index in [9.17, 15) is 9.59 Å². The molecule has 1 unspecified atom stereocenters. The Kier molecular flexibility index (Phi) is 8.33. The molecule has 2 aliphatic heterocycles. The van der Waals surface area contributed by atoms with Gasteiger partial charge in [-0.25, -0.2) is 14.6 Å². The van der Waals surface area contributed by atoms with Gasteiger partial charge in [0.15, 0.2) is 0 Å². The molecule has 4 N–H and O–H groups in total. The quantitative estimate of drug-likeness (QED) is 0.171. The Morgan fingerprint density at radius 1 is 0.963 bits per heavy atom. The van der Waals surface area contributed by atoms with Gasteiger partial charge in [-0.3, -0.25) is 9.80 Å². The number of aromatic amines is 1. The number of hydrogen-bond donors (Lipinski definition) is 3. The third kappa shape index (κ3) is 6.68. The van der Waals surface area contributed by atoms with Crippen molar-refractivity contribution in [3.63, 3.8) is 0 Å². The number of imidazole rings is 1. The maximum absolute atomic E-state index is 13.2. The minimum Gasteiger partial charge on any atom is -0.444 e. The number of likely N-dealkylation sites (tertiary alicyclic amines) is 2. The first-order valence-electron chi connectivity index (χ1n) is 18.7. The van der Waals surface area contributed by atoms with Gasteiger partial charge in [0, 0.05) is 41.5 Å². The number of rotatable bonds is 6. The summed E-state index contributed by atoms with van der Waals surface area (Å²) in [6.45, 7) is 11.7. The molecule has 2 amide bonds. The molecule has 278 valence electrons. The average Bonchev–Trinajstić information content (AvgIpc) is 3.79. The first-order chi connectivity index (χ1) is 25.6. The number of nitrogens with one attached hydrogen (secondary N) is 2. The van der Waals surface area contributed by atoms with E-state index in [0.29, 0.717) is 18.9 Å². The summed E-state index contributed by atoms with van der Waals surface area (Å²) in [6, 6.07) is 21.2. The van der Waals surface area contributed by atoms with E-state index in [2.05, 4.69) is 70.8 Å². The van der Waals surface area contributed by atoms with Crippen molar-refractivity contribution in [2.75, 3.05) is 6.54 Å². The zero-order chi connectivity index (χ0) is 38.2. The Bertz CT molecular complexity index is 2270. The number of benzene rings is 3. The van der Waals surface area contributed by atoms with Gasteiger partial charge < -0.3 is 25.5 Å². The molecule has 8 rings (SSSR count). The Hall–Kier alpha value is -5.69. The second-order valence-corrected chi connectivity index (χ2v) is 17.1. The molecular formula is C44H48N6O4. The average molecular weight is 725 g/mol. The summed E-state index contributed by atoms with van der Waals surface area (Å²) in [5, 5.41) is 5.65. The minimum atomic E-state index is -0.613. The van der Waals surface area contributed by atoms with Crippen molar-refractivity contribution in [3.8, 4) is 34.7 Å². The molecule has 3 aromatic carbocycles. The summed E-state index contributed by atoms with van der Waals surface area (Å²) in [4.78, 5) is 38.2. The van der Waals surface area contributed by atoms with Crippen LogP contribution in [0.4, 0.5) is 9.59 Å². The summed E-state index contributed by atoms with van der Waals surface area (Å²) in [5.74, 6) is 4.07. The normalized spacial score (nSPS) is 24.6. The molecule has 3 fully saturated rings. The lowest BCUT2D eigenvalue weighted by molar-refractivity contribution is 0.0172. The molecule has 2 saturated heterocycles. The molecule has 1 spiro atoms. The molecule has 1 saturated carbocycles. The van der Waals surface area contributed by atoms with Gasteiger partial charge in [-0.1, -0.05) is 42.5 Å². The van der Waals surface area contributed by atoms with E-state index < -0.39 is 16.7 Å². The zero-order valence-corrected chi connectivity index (χ0v) is 31.8. The van der Waals surface area contributed by atoms with Gasteiger partial charge in [-0.05, 0) is 113 Å². The highest BCUT2D eigenvalue weighted by molar-refractivity contribution is 5.90. The molecule has 5 atom stereocenters. The fraction of sp³-hybridized carbons (Fsp3) is 0.386. The van der Waals surface area contributed by atoms with Crippen LogP contribution in [0, 0.1) is 24.2 Å². The molecule has 1 aromatic heterocycles. The Labute approximate surface area is 316 Å². The Morgan fingerprint density at radius 2 is 1.67 bits per heavy atom. The fourth-order valence-corrected chi connectivity index (χ4v) is 8.08. The number of H-pyrrole nitrogens is 1. The molecule has 10 heteroatoms. The number of amides is 2. The monoisotopic (exact) mass is 724 g/mol. The molecule has 54 heavy (non-hydrogen) atoms. The molecule has 3 heterocycles. The minimum absolute atomic E-state index is 0.0648. The van der Waals surface area contributed by atoms with E-state index in [-0.39, 0.29) is 30.2 Å². The van der Waals surface area contributed by atoms with E-state index in [0.717, 1.165) is 68.8 Å². The molecule has 0 radical (unpaired) electrons. The van der Waals surface area contributed by atoms with Crippen LogP contribution in [0.3, 0.4) is 0 Å². The lowest BCUT2D eigenvalue weighted by Gasteiger charge is -2.30. The highest BCUT2D eigenvalue weighted by atomic mass is 16.6. The van der Waals surface area contributed by atoms with Gasteiger partial charge in [-0.2, -0.15) is 0 Å². The number of aromatic nitrogens is 2.